The number of ether oxygens (including phenoxy) is 1. The number of Topliss-reactive ketones (excluding diaryl/α,β-unsaturated/α-hetero) is 1. The molecule has 2 fully saturated rings. The second-order valence-electron chi connectivity index (χ2n) is 9.18. The zero-order valence-electron chi connectivity index (χ0n) is 20.4. The second-order valence-corrected chi connectivity index (χ2v) is 9.18. The summed E-state index contributed by atoms with van der Waals surface area (Å²) in [5.41, 5.74) is 1.04. The Morgan fingerprint density at radius 2 is 1.92 bits per heavy atom. The number of hydrogen-bond donors (Lipinski definition) is 1. The van der Waals surface area contributed by atoms with Gasteiger partial charge >= 0.3 is 6.09 Å². The Kier molecular flexibility index (Phi) is 6.80. The first-order valence-electron chi connectivity index (χ1n) is 12.3. The van der Waals surface area contributed by atoms with E-state index in [9.17, 15) is 19.2 Å². The number of aromatic nitrogens is 2. The highest BCUT2D eigenvalue weighted by molar-refractivity contribution is 6.02. The summed E-state index contributed by atoms with van der Waals surface area (Å²) in [6.45, 7) is 2.16. The van der Waals surface area contributed by atoms with E-state index in [2.05, 4.69) is 15.3 Å². The quantitative estimate of drug-likeness (QED) is 0.551. The molecular weight excluding hydrogens is 474 g/mol. The molecule has 3 aromatic rings. The summed E-state index contributed by atoms with van der Waals surface area (Å²) < 4.78 is 5.44. The first-order chi connectivity index (χ1) is 18.0. The molecule has 2 aromatic heterocycles. The smallest absolute Gasteiger partial charge is 0.410 e. The van der Waals surface area contributed by atoms with E-state index in [0.29, 0.717) is 31.6 Å². The molecule has 2 saturated heterocycles. The van der Waals surface area contributed by atoms with Crippen LogP contribution >= 0.6 is 0 Å². The Morgan fingerprint density at radius 1 is 1.08 bits per heavy atom. The van der Waals surface area contributed by atoms with Crippen LogP contribution in [0.15, 0.2) is 60.9 Å². The van der Waals surface area contributed by atoms with Crippen LogP contribution in [0.3, 0.4) is 0 Å². The van der Waals surface area contributed by atoms with Gasteiger partial charge in [0.05, 0.1) is 18.1 Å². The van der Waals surface area contributed by atoms with Crippen LogP contribution in [0.5, 0.6) is 5.75 Å². The van der Waals surface area contributed by atoms with Crippen molar-refractivity contribution in [1.82, 2.24) is 25.1 Å². The molecule has 0 spiro atoms. The average molecular weight is 502 g/mol. The summed E-state index contributed by atoms with van der Waals surface area (Å²) in [4.78, 5) is 63.5. The maximum atomic E-state index is 13.5. The number of amides is 3. The van der Waals surface area contributed by atoms with Crippen molar-refractivity contribution in [3.8, 4) is 5.75 Å². The Balaban J connectivity index is 1.27. The van der Waals surface area contributed by atoms with Gasteiger partial charge in [-0.25, -0.2) is 4.79 Å². The molecule has 3 atom stereocenters. The molecular formula is C27H27N5O5. The first kappa shape index (κ1) is 24.4. The van der Waals surface area contributed by atoms with Gasteiger partial charge in [0, 0.05) is 24.3 Å². The highest BCUT2D eigenvalue weighted by Gasteiger charge is 2.52. The van der Waals surface area contributed by atoms with Crippen molar-refractivity contribution >= 4 is 34.6 Å². The highest BCUT2D eigenvalue weighted by atomic mass is 16.6. The van der Waals surface area contributed by atoms with E-state index < -0.39 is 24.2 Å². The minimum Gasteiger partial charge on any atom is -0.410 e. The van der Waals surface area contributed by atoms with E-state index in [4.69, 9.17) is 4.74 Å². The largest absolute Gasteiger partial charge is 0.413 e. The number of carbonyl (C=O) groups excluding carboxylic acids is 4. The number of nitrogens with zero attached hydrogens (tertiary/aromatic N) is 4. The average Bonchev–Trinajstić information content (AvgIpc) is 3.49. The zero-order chi connectivity index (χ0) is 25.9. The van der Waals surface area contributed by atoms with Crippen molar-refractivity contribution in [1.29, 1.82) is 0 Å². The van der Waals surface area contributed by atoms with Gasteiger partial charge in [-0.15, -0.1) is 0 Å². The number of benzene rings is 1. The fraction of sp³-hybridized carbons (Fsp3) is 0.333. The molecule has 0 radical (unpaired) electrons. The molecule has 5 rings (SSSR count). The van der Waals surface area contributed by atoms with Crippen LogP contribution in [0, 0.1) is 0 Å². The van der Waals surface area contributed by atoms with Gasteiger partial charge < -0.3 is 19.9 Å². The molecule has 190 valence electrons. The van der Waals surface area contributed by atoms with Gasteiger partial charge in [0.25, 0.3) is 5.91 Å². The SMILES string of the molecule is CCCC(NC(=O)Oc1ccc2ncccc2c1)C(=O)N1CCC2C1C(=O)CN2C(=O)c1ccccn1. The Bertz CT molecular complexity index is 1350. The molecule has 1 aromatic carbocycles. The van der Waals surface area contributed by atoms with E-state index in [-0.39, 0.29) is 29.8 Å². The van der Waals surface area contributed by atoms with Crippen molar-refractivity contribution in [3.05, 3.63) is 66.6 Å². The maximum Gasteiger partial charge on any atom is 0.413 e. The van der Waals surface area contributed by atoms with Crippen LogP contribution in [0.4, 0.5) is 4.79 Å². The van der Waals surface area contributed by atoms with Crippen LogP contribution in [0.1, 0.15) is 36.7 Å². The van der Waals surface area contributed by atoms with Crippen molar-refractivity contribution < 1.29 is 23.9 Å². The molecule has 2 aliphatic rings. The minimum atomic E-state index is -0.855. The standard InChI is InChI=1S/C27H27N5O5/c1-2-6-21(30-27(36)37-18-9-10-19-17(15-18)7-5-13-28-19)26(35)31-14-11-22-24(31)23(33)16-32(22)25(34)20-8-3-4-12-29-20/h3-5,7-10,12-13,15,21-22,24H,2,6,11,14,16H2,1H3,(H,30,36). The number of pyridine rings is 2. The van der Waals surface area contributed by atoms with Gasteiger partial charge in [0.1, 0.15) is 23.5 Å². The molecule has 3 amide bonds. The van der Waals surface area contributed by atoms with Crippen molar-refractivity contribution in [3.63, 3.8) is 0 Å². The second kappa shape index (κ2) is 10.3. The Hall–Kier alpha value is -4.34. The topological polar surface area (TPSA) is 122 Å². The van der Waals surface area contributed by atoms with Gasteiger partial charge in [-0.2, -0.15) is 0 Å². The van der Waals surface area contributed by atoms with Crippen LogP contribution in [-0.4, -0.2) is 74.7 Å². The van der Waals surface area contributed by atoms with Gasteiger partial charge in [-0.1, -0.05) is 25.5 Å². The lowest BCUT2D eigenvalue weighted by atomic mass is 10.1. The molecule has 0 saturated carbocycles. The number of hydrogen-bond acceptors (Lipinski definition) is 7. The summed E-state index contributed by atoms with van der Waals surface area (Å²) in [6.07, 6.45) is 3.96. The molecule has 2 aliphatic heterocycles. The third kappa shape index (κ3) is 4.87. The molecule has 10 heteroatoms. The zero-order valence-corrected chi connectivity index (χ0v) is 20.4. The normalized spacial score (nSPS) is 19.5. The third-order valence-corrected chi connectivity index (χ3v) is 6.80. The van der Waals surface area contributed by atoms with Crippen molar-refractivity contribution in [2.75, 3.05) is 13.1 Å². The summed E-state index contributed by atoms with van der Waals surface area (Å²) in [7, 11) is 0. The fourth-order valence-corrected chi connectivity index (χ4v) is 5.12. The van der Waals surface area contributed by atoms with Crippen LogP contribution in [0.25, 0.3) is 10.9 Å². The molecule has 0 bridgehead atoms. The summed E-state index contributed by atoms with van der Waals surface area (Å²) in [5, 5.41) is 3.50. The van der Waals surface area contributed by atoms with E-state index in [1.165, 1.54) is 16.0 Å². The van der Waals surface area contributed by atoms with Gasteiger partial charge in [0.2, 0.25) is 5.91 Å². The third-order valence-electron chi connectivity index (χ3n) is 6.80. The number of nitrogens with one attached hydrogen (secondary N) is 1. The molecule has 37 heavy (non-hydrogen) atoms. The minimum absolute atomic E-state index is 0.0702. The maximum absolute atomic E-state index is 13.5. The summed E-state index contributed by atoms with van der Waals surface area (Å²) in [6, 6.07) is 11.8. The predicted octanol–water partition coefficient (Wildman–Crippen LogP) is 2.58. The predicted molar refractivity (Wildman–Crippen MR) is 134 cm³/mol. The highest BCUT2D eigenvalue weighted by Crippen LogP contribution is 2.31. The number of rotatable bonds is 6. The van der Waals surface area contributed by atoms with Crippen molar-refractivity contribution in [2.45, 2.75) is 44.3 Å². The number of likely N-dealkylation sites (tertiary alicyclic amines) is 2. The monoisotopic (exact) mass is 501 g/mol. The van der Waals surface area contributed by atoms with E-state index in [0.717, 1.165) is 10.9 Å². The molecule has 0 aliphatic carbocycles. The van der Waals surface area contributed by atoms with E-state index in [1.54, 1.807) is 48.7 Å². The lowest BCUT2D eigenvalue weighted by molar-refractivity contribution is -0.138. The summed E-state index contributed by atoms with van der Waals surface area (Å²) >= 11 is 0. The Labute approximate surface area is 213 Å². The van der Waals surface area contributed by atoms with Gasteiger partial charge in [-0.05, 0) is 49.2 Å². The van der Waals surface area contributed by atoms with Crippen LogP contribution < -0.4 is 10.1 Å². The van der Waals surface area contributed by atoms with E-state index in [1.807, 2.05) is 13.0 Å². The Morgan fingerprint density at radius 3 is 2.70 bits per heavy atom. The molecule has 3 unspecified atom stereocenters. The molecule has 1 N–H and O–H groups in total. The lowest BCUT2D eigenvalue weighted by Gasteiger charge is -2.28. The number of carbonyl (C=O) groups is 4. The van der Waals surface area contributed by atoms with Gasteiger partial charge in [0.15, 0.2) is 5.78 Å². The van der Waals surface area contributed by atoms with Crippen LogP contribution in [0.2, 0.25) is 0 Å². The van der Waals surface area contributed by atoms with Crippen LogP contribution in [-0.2, 0) is 9.59 Å². The first-order valence-corrected chi connectivity index (χ1v) is 12.3. The fourth-order valence-electron chi connectivity index (χ4n) is 5.12. The number of fused-ring (bicyclic) bond motifs is 2. The molecule has 4 heterocycles. The van der Waals surface area contributed by atoms with E-state index >= 15 is 0 Å². The lowest BCUT2D eigenvalue weighted by Crippen LogP contribution is -2.53. The number of ketones is 1. The molecule has 10 nitrogen and oxygen atoms in total. The van der Waals surface area contributed by atoms with Crippen molar-refractivity contribution in [2.24, 2.45) is 0 Å². The van der Waals surface area contributed by atoms with Gasteiger partial charge in [-0.3, -0.25) is 24.4 Å². The summed E-state index contributed by atoms with van der Waals surface area (Å²) in [5.74, 6) is -0.540.